The Morgan fingerprint density at radius 3 is 2.71 bits per heavy atom. The molecule has 3 aromatic rings. The van der Waals surface area contributed by atoms with Crippen molar-refractivity contribution in [3.8, 4) is 16.9 Å². The summed E-state index contributed by atoms with van der Waals surface area (Å²) in [6.45, 7) is 1.52. The molecule has 7 heteroatoms. The van der Waals surface area contributed by atoms with Crippen molar-refractivity contribution >= 4 is 30.0 Å². The van der Waals surface area contributed by atoms with E-state index in [4.69, 9.17) is 16.3 Å². The molecule has 0 amide bonds. The predicted molar refractivity (Wildman–Crippen MR) is 123 cm³/mol. The summed E-state index contributed by atoms with van der Waals surface area (Å²) < 4.78 is 5.80. The molecule has 1 aliphatic heterocycles. The molecular weight excluding hydrogens is 437 g/mol. The van der Waals surface area contributed by atoms with Crippen molar-refractivity contribution in [1.82, 2.24) is 5.32 Å². The molecule has 1 heterocycles. The number of hydrogen-bond donors (Lipinski definition) is 3. The second-order valence-electron chi connectivity index (χ2n) is 7.32. The van der Waals surface area contributed by atoms with Crippen LogP contribution in [0.4, 0.5) is 0 Å². The summed E-state index contributed by atoms with van der Waals surface area (Å²) in [4.78, 5) is 11.2. The summed E-state index contributed by atoms with van der Waals surface area (Å²) in [7, 11) is 0. The predicted octanol–water partition coefficient (Wildman–Crippen LogP) is 4.89. The zero-order chi connectivity index (χ0) is 21.1. The lowest BCUT2D eigenvalue weighted by molar-refractivity contribution is 0.0696. The van der Waals surface area contributed by atoms with Gasteiger partial charge in [0.2, 0.25) is 0 Å². The molecule has 3 N–H and O–H groups in total. The molecule has 4 rings (SSSR count). The van der Waals surface area contributed by atoms with Crippen molar-refractivity contribution in [3.63, 3.8) is 0 Å². The number of hydrogen-bond acceptors (Lipinski definition) is 4. The molecule has 1 atom stereocenters. The molecule has 0 unspecified atom stereocenters. The van der Waals surface area contributed by atoms with Crippen molar-refractivity contribution in [2.24, 2.45) is 0 Å². The van der Waals surface area contributed by atoms with Gasteiger partial charge in [0.25, 0.3) is 0 Å². The first-order valence-corrected chi connectivity index (χ1v) is 10.2. The van der Waals surface area contributed by atoms with Gasteiger partial charge >= 0.3 is 5.97 Å². The molecule has 5 nitrogen and oxygen atoms in total. The Hall–Kier alpha value is -2.57. The average Bonchev–Trinajstić information content (AvgIpc) is 2.76. The summed E-state index contributed by atoms with van der Waals surface area (Å²) in [5.41, 5.74) is 5.05. The Morgan fingerprint density at radius 2 is 1.94 bits per heavy atom. The van der Waals surface area contributed by atoms with E-state index in [0.717, 1.165) is 40.0 Å². The van der Waals surface area contributed by atoms with E-state index < -0.39 is 12.1 Å². The molecule has 0 aromatic heterocycles. The summed E-state index contributed by atoms with van der Waals surface area (Å²) in [6, 6.07) is 18.5. The van der Waals surface area contributed by atoms with Crippen LogP contribution in [0.1, 0.15) is 33.2 Å². The maximum Gasteiger partial charge on any atom is 0.335 e. The van der Waals surface area contributed by atoms with Gasteiger partial charge in [-0.1, -0.05) is 35.9 Å². The third kappa shape index (κ3) is 5.38. The number of benzene rings is 3. The highest BCUT2D eigenvalue weighted by atomic mass is 35.5. The van der Waals surface area contributed by atoms with Gasteiger partial charge in [0.1, 0.15) is 12.4 Å². The minimum absolute atomic E-state index is 0. The minimum Gasteiger partial charge on any atom is -0.488 e. The van der Waals surface area contributed by atoms with E-state index in [1.165, 1.54) is 0 Å². The summed E-state index contributed by atoms with van der Waals surface area (Å²) in [6.07, 6.45) is 0.175. The van der Waals surface area contributed by atoms with E-state index in [1.54, 1.807) is 24.3 Å². The van der Waals surface area contributed by atoms with Crippen LogP contribution in [0.25, 0.3) is 11.1 Å². The number of ether oxygens (including phenoxy) is 1. The van der Waals surface area contributed by atoms with Crippen LogP contribution in [0.2, 0.25) is 5.02 Å². The molecule has 0 saturated carbocycles. The van der Waals surface area contributed by atoms with Gasteiger partial charge in [0, 0.05) is 17.1 Å². The van der Waals surface area contributed by atoms with Gasteiger partial charge in [-0.25, -0.2) is 4.79 Å². The largest absolute Gasteiger partial charge is 0.488 e. The highest BCUT2D eigenvalue weighted by molar-refractivity contribution is 6.30. The zero-order valence-electron chi connectivity index (χ0n) is 16.7. The summed E-state index contributed by atoms with van der Waals surface area (Å²) in [5, 5.41) is 23.4. The van der Waals surface area contributed by atoms with E-state index in [-0.39, 0.29) is 18.0 Å². The van der Waals surface area contributed by atoms with Crippen LogP contribution in [-0.4, -0.2) is 29.3 Å². The standard InChI is InChI=1S/C24H22ClNO4.ClH/c25-19-3-1-2-16(12-19)22(27)13-26-9-8-15-4-7-23-21(10-15)20-6-5-17(24(28)29)11-18(20)14-30-23;/h1-7,10-12,22,26-27H,8-9,13-14H2,(H,28,29);1H/t22-;/m0./s1. The van der Waals surface area contributed by atoms with E-state index in [2.05, 4.69) is 11.4 Å². The van der Waals surface area contributed by atoms with Crippen molar-refractivity contribution in [1.29, 1.82) is 0 Å². The fraction of sp³-hybridized carbons (Fsp3) is 0.208. The average molecular weight is 460 g/mol. The number of halogens is 2. The second kappa shape index (κ2) is 10.2. The molecule has 0 saturated heterocycles. The second-order valence-corrected chi connectivity index (χ2v) is 7.76. The molecule has 0 fully saturated rings. The van der Waals surface area contributed by atoms with E-state index in [1.807, 2.05) is 30.3 Å². The summed E-state index contributed by atoms with van der Waals surface area (Å²) in [5.74, 6) is -0.137. The van der Waals surface area contributed by atoms with Crippen molar-refractivity contribution in [2.75, 3.05) is 13.1 Å². The lowest BCUT2D eigenvalue weighted by Crippen LogP contribution is -2.23. The van der Waals surface area contributed by atoms with Crippen molar-refractivity contribution in [3.05, 3.63) is 87.9 Å². The quantitative estimate of drug-likeness (QED) is 0.438. The minimum atomic E-state index is -0.941. The Labute approximate surface area is 192 Å². The first kappa shape index (κ1) is 23.1. The van der Waals surface area contributed by atoms with Crippen LogP contribution in [0.15, 0.2) is 60.7 Å². The van der Waals surface area contributed by atoms with Gasteiger partial charge in [-0.05, 0) is 71.6 Å². The van der Waals surface area contributed by atoms with E-state index in [0.29, 0.717) is 24.7 Å². The number of aliphatic hydroxyl groups is 1. The Morgan fingerprint density at radius 1 is 1.10 bits per heavy atom. The Balaban J connectivity index is 0.00000272. The van der Waals surface area contributed by atoms with Crippen LogP contribution >= 0.6 is 24.0 Å². The smallest absolute Gasteiger partial charge is 0.335 e. The molecule has 162 valence electrons. The topological polar surface area (TPSA) is 78.8 Å². The molecule has 0 radical (unpaired) electrons. The SMILES string of the molecule is Cl.O=C(O)c1ccc2c(c1)COc1ccc(CCNC[C@H](O)c3cccc(Cl)c3)cc1-2. The van der Waals surface area contributed by atoms with Crippen LogP contribution in [0.3, 0.4) is 0 Å². The number of nitrogens with one attached hydrogen (secondary N) is 1. The fourth-order valence-electron chi connectivity index (χ4n) is 3.64. The highest BCUT2D eigenvalue weighted by Crippen LogP contribution is 2.38. The van der Waals surface area contributed by atoms with Gasteiger partial charge in [0.05, 0.1) is 11.7 Å². The lowest BCUT2D eigenvalue weighted by Gasteiger charge is -2.22. The number of carboxylic acids is 1. The number of rotatable bonds is 7. The van der Waals surface area contributed by atoms with Crippen LogP contribution in [-0.2, 0) is 13.0 Å². The number of aromatic carboxylic acids is 1. The van der Waals surface area contributed by atoms with Gasteiger partial charge in [-0.3, -0.25) is 0 Å². The highest BCUT2D eigenvalue weighted by Gasteiger charge is 2.19. The number of fused-ring (bicyclic) bond motifs is 3. The van der Waals surface area contributed by atoms with Crippen molar-refractivity contribution < 1.29 is 19.7 Å². The van der Waals surface area contributed by atoms with Crippen LogP contribution in [0, 0.1) is 0 Å². The number of carboxylic acid groups (broad SMARTS) is 1. The summed E-state index contributed by atoms with van der Waals surface area (Å²) >= 11 is 5.98. The third-order valence-electron chi connectivity index (χ3n) is 5.23. The normalized spacial score (nSPS) is 12.7. The molecule has 0 aliphatic carbocycles. The maximum absolute atomic E-state index is 11.2. The Bertz CT molecular complexity index is 1090. The van der Waals surface area contributed by atoms with E-state index >= 15 is 0 Å². The molecule has 31 heavy (non-hydrogen) atoms. The van der Waals surface area contributed by atoms with Gasteiger partial charge in [0.15, 0.2) is 0 Å². The van der Waals surface area contributed by atoms with Crippen LogP contribution in [0.5, 0.6) is 5.75 Å². The molecule has 0 bridgehead atoms. The van der Waals surface area contributed by atoms with E-state index in [9.17, 15) is 15.0 Å². The molecule has 3 aromatic carbocycles. The zero-order valence-corrected chi connectivity index (χ0v) is 18.2. The Kier molecular flexibility index (Phi) is 7.57. The van der Waals surface area contributed by atoms with Gasteiger partial charge in [-0.2, -0.15) is 0 Å². The molecule has 1 aliphatic rings. The fourth-order valence-corrected chi connectivity index (χ4v) is 3.84. The van der Waals surface area contributed by atoms with Crippen molar-refractivity contribution in [2.45, 2.75) is 19.1 Å². The van der Waals surface area contributed by atoms with Crippen LogP contribution < -0.4 is 10.1 Å². The first-order chi connectivity index (χ1) is 14.5. The van der Waals surface area contributed by atoms with Gasteiger partial charge in [-0.15, -0.1) is 12.4 Å². The monoisotopic (exact) mass is 459 g/mol. The third-order valence-corrected chi connectivity index (χ3v) is 5.47. The number of carbonyl (C=O) groups is 1. The van der Waals surface area contributed by atoms with Gasteiger partial charge < -0.3 is 20.3 Å². The lowest BCUT2D eigenvalue weighted by atomic mass is 9.93. The maximum atomic E-state index is 11.2. The first-order valence-electron chi connectivity index (χ1n) is 9.78. The molecular formula is C24H23Cl2NO4. The number of aliphatic hydroxyl groups excluding tert-OH is 1. The molecule has 0 spiro atoms.